The van der Waals surface area contributed by atoms with Gasteiger partial charge in [-0.05, 0) is 35.1 Å². The fraction of sp³-hybridized carbons (Fsp3) is 0.133. The molecule has 0 unspecified atom stereocenters. The lowest BCUT2D eigenvalue weighted by Crippen LogP contribution is -2.02. The number of ether oxygens (including phenoxy) is 2. The zero-order chi connectivity index (χ0) is 16.4. The maximum Gasteiger partial charge on any atom is 0.263 e. The van der Waals surface area contributed by atoms with Gasteiger partial charge in [0.1, 0.15) is 0 Å². The number of nitrogens with zero attached hydrogens (tertiary/aromatic N) is 2. The zero-order valence-corrected chi connectivity index (χ0v) is 12.4. The summed E-state index contributed by atoms with van der Waals surface area (Å²) in [5.41, 5.74) is 0.362. The molecule has 2 aromatic carbocycles. The Kier molecular flexibility index (Phi) is 4.03. The first-order valence-electron chi connectivity index (χ1n) is 6.58. The van der Waals surface area contributed by atoms with Gasteiger partial charge in [-0.1, -0.05) is 17.7 Å². The molecule has 0 spiro atoms. The Balaban J connectivity index is 1.79. The molecule has 7 nitrogen and oxygen atoms in total. The quantitative estimate of drug-likeness (QED) is 0.486. The average Bonchev–Trinajstić information content (AvgIpc) is 2.97. The van der Waals surface area contributed by atoms with Crippen LogP contribution in [0.3, 0.4) is 0 Å². The Morgan fingerprint density at radius 2 is 2.04 bits per heavy atom. The van der Waals surface area contributed by atoms with E-state index in [-0.39, 0.29) is 23.9 Å². The molecular formula is C15H10ClN2O5-. The van der Waals surface area contributed by atoms with E-state index >= 15 is 0 Å². The van der Waals surface area contributed by atoms with Gasteiger partial charge >= 0.3 is 0 Å². The van der Waals surface area contributed by atoms with Crippen LogP contribution in [0.4, 0.5) is 5.69 Å². The molecule has 0 aromatic heterocycles. The highest BCUT2D eigenvalue weighted by atomic mass is 35.5. The molecule has 0 bridgehead atoms. The molecule has 0 aliphatic carbocycles. The fourth-order valence-electron chi connectivity index (χ4n) is 2.12. The maximum absolute atomic E-state index is 11.9. The lowest BCUT2D eigenvalue weighted by atomic mass is 10.2. The van der Waals surface area contributed by atoms with Gasteiger partial charge in [0.2, 0.25) is 6.79 Å². The van der Waals surface area contributed by atoms with E-state index in [2.05, 4.69) is 4.99 Å². The van der Waals surface area contributed by atoms with Gasteiger partial charge in [0.15, 0.2) is 11.5 Å². The van der Waals surface area contributed by atoms with Crippen LogP contribution in [0.25, 0.3) is 0 Å². The molecule has 1 heterocycles. The topological polar surface area (TPSA) is 97.0 Å². The van der Waals surface area contributed by atoms with E-state index in [0.717, 1.165) is 11.6 Å². The molecule has 0 radical (unpaired) electrons. The molecule has 0 N–H and O–H groups in total. The van der Waals surface area contributed by atoms with Crippen molar-refractivity contribution >= 4 is 23.5 Å². The maximum atomic E-state index is 11.9. The second kappa shape index (κ2) is 6.13. The van der Waals surface area contributed by atoms with Crippen LogP contribution in [-0.4, -0.2) is 17.9 Å². The first-order chi connectivity index (χ1) is 11.0. The van der Waals surface area contributed by atoms with Gasteiger partial charge in [0.05, 0.1) is 11.5 Å². The van der Waals surface area contributed by atoms with Crippen molar-refractivity contribution in [2.75, 3.05) is 6.79 Å². The summed E-state index contributed by atoms with van der Waals surface area (Å²) in [6, 6.07) is 7.76. The highest BCUT2D eigenvalue weighted by molar-refractivity contribution is 6.31. The lowest BCUT2D eigenvalue weighted by molar-refractivity contribution is -0.398. The summed E-state index contributed by atoms with van der Waals surface area (Å²) in [4.78, 5) is 14.2. The van der Waals surface area contributed by atoms with Crippen molar-refractivity contribution in [3.05, 3.63) is 56.6 Å². The number of aliphatic imine (C=N–C) groups is 1. The second-order valence-electron chi connectivity index (χ2n) is 4.76. The van der Waals surface area contributed by atoms with Gasteiger partial charge < -0.3 is 14.6 Å². The van der Waals surface area contributed by atoms with Crippen molar-refractivity contribution in [2.45, 2.75) is 6.54 Å². The molecule has 0 fully saturated rings. The third-order valence-electron chi connectivity index (χ3n) is 3.20. The number of hydrogen-bond donors (Lipinski definition) is 0. The largest absolute Gasteiger partial charge is 0.867 e. The predicted molar refractivity (Wildman–Crippen MR) is 81.4 cm³/mol. The summed E-state index contributed by atoms with van der Waals surface area (Å²) in [6.07, 6.45) is 1.28. The van der Waals surface area contributed by atoms with Crippen molar-refractivity contribution < 1.29 is 19.5 Å². The van der Waals surface area contributed by atoms with Crippen molar-refractivity contribution in [2.24, 2.45) is 4.99 Å². The molecule has 2 aromatic rings. The van der Waals surface area contributed by atoms with E-state index in [1.54, 1.807) is 12.1 Å². The number of rotatable bonds is 4. The van der Waals surface area contributed by atoms with Gasteiger partial charge in [-0.3, -0.25) is 15.1 Å². The number of benzene rings is 2. The van der Waals surface area contributed by atoms with Gasteiger partial charge in [0, 0.05) is 17.3 Å². The van der Waals surface area contributed by atoms with Gasteiger partial charge in [0.25, 0.3) is 5.69 Å². The van der Waals surface area contributed by atoms with Crippen LogP contribution in [0.5, 0.6) is 17.2 Å². The molecule has 1 aliphatic rings. The molecule has 118 valence electrons. The van der Waals surface area contributed by atoms with Gasteiger partial charge in [-0.2, -0.15) is 0 Å². The Bertz CT molecular complexity index is 807. The first-order valence-corrected chi connectivity index (χ1v) is 6.95. The molecule has 8 heteroatoms. The van der Waals surface area contributed by atoms with E-state index in [4.69, 9.17) is 21.1 Å². The summed E-state index contributed by atoms with van der Waals surface area (Å²) >= 11 is 5.79. The highest BCUT2D eigenvalue weighted by Gasteiger charge is 2.13. The van der Waals surface area contributed by atoms with Crippen LogP contribution in [0.1, 0.15) is 11.1 Å². The van der Waals surface area contributed by atoms with E-state index in [1.165, 1.54) is 12.3 Å². The predicted octanol–water partition coefficient (Wildman–Crippen LogP) is 2.67. The van der Waals surface area contributed by atoms with Crippen molar-refractivity contribution in [3.8, 4) is 17.2 Å². The first kappa shape index (κ1) is 15.1. The fourth-order valence-corrected chi connectivity index (χ4v) is 2.34. The van der Waals surface area contributed by atoms with Crippen molar-refractivity contribution in [3.63, 3.8) is 0 Å². The Hall–Kier alpha value is -2.80. The van der Waals surface area contributed by atoms with E-state index in [0.29, 0.717) is 11.5 Å². The van der Waals surface area contributed by atoms with E-state index < -0.39 is 16.4 Å². The van der Waals surface area contributed by atoms with Crippen LogP contribution in [0.15, 0.2) is 35.3 Å². The smallest absolute Gasteiger partial charge is 0.263 e. The number of nitro benzene ring substituents is 1. The van der Waals surface area contributed by atoms with Crippen molar-refractivity contribution in [1.82, 2.24) is 0 Å². The SMILES string of the molecule is O=[N+]([O-])c1cc(Cl)cc(C=NCc2ccc3c(c2)OCO3)c1[O-]. The molecule has 0 saturated carbocycles. The molecule has 0 saturated heterocycles. The minimum Gasteiger partial charge on any atom is -0.867 e. The number of nitro groups is 1. The van der Waals surface area contributed by atoms with Gasteiger partial charge in [-0.25, -0.2) is 0 Å². The highest BCUT2D eigenvalue weighted by Crippen LogP contribution is 2.33. The summed E-state index contributed by atoms with van der Waals surface area (Å²) in [7, 11) is 0. The molecule has 23 heavy (non-hydrogen) atoms. The third kappa shape index (κ3) is 3.19. The molecule has 3 rings (SSSR count). The van der Waals surface area contributed by atoms with Crippen LogP contribution in [0, 0.1) is 10.1 Å². The van der Waals surface area contributed by atoms with Crippen LogP contribution >= 0.6 is 11.6 Å². The molecule has 0 amide bonds. The normalized spacial score (nSPS) is 12.7. The lowest BCUT2D eigenvalue weighted by Gasteiger charge is -2.10. The van der Waals surface area contributed by atoms with Crippen molar-refractivity contribution in [1.29, 1.82) is 0 Å². The number of halogens is 1. The summed E-state index contributed by atoms with van der Waals surface area (Å²) in [5, 5.41) is 22.8. The Morgan fingerprint density at radius 1 is 1.26 bits per heavy atom. The summed E-state index contributed by atoms with van der Waals surface area (Å²) < 4.78 is 10.5. The Morgan fingerprint density at radius 3 is 2.83 bits per heavy atom. The molecule has 1 aliphatic heterocycles. The minimum atomic E-state index is -0.761. The van der Waals surface area contributed by atoms with E-state index in [9.17, 15) is 15.2 Å². The average molecular weight is 334 g/mol. The van der Waals surface area contributed by atoms with Gasteiger partial charge in [-0.15, -0.1) is 0 Å². The minimum absolute atomic E-state index is 0.0740. The molecule has 0 atom stereocenters. The standard InChI is InChI=1S/C15H11ClN2O5/c16-11-4-10(15(19)12(5-11)18(20)21)7-17-6-9-1-2-13-14(3-9)23-8-22-13/h1-5,7,19H,6,8H2/p-1. The van der Waals surface area contributed by atoms with Crippen LogP contribution < -0.4 is 14.6 Å². The number of hydrogen-bond acceptors (Lipinski definition) is 6. The summed E-state index contributed by atoms with van der Waals surface area (Å²) in [6.45, 7) is 0.476. The number of fused-ring (bicyclic) bond motifs is 1. The summed E-state index contributed by atoms with van der Waals surface area (Å²) in [5.74, 6) is 0.597. The van der Waals surface area contributed by atoms with Crippen LogP contribution in [-0.2, 0) is 6.54 Å². The second-order valence-corrected chi connectivity index (χ2v) is 5.19. The molecular weight excluding hydrogens is 324 g/mol. The van der Waals surface area contributed by atoms with E-state index in [1.807, 2.05) is 6.07 Å². The third-order valence-corrected chi connectivity index (χ3v) is 3.42. The zero-order valence-electron chi connectivity index (χ0n) is 11.7. The Labute approximate surface area is 135 Å². The monoisotopic (exact) mass is 333 g/mol. The van der Waals surface area contributed by atoms with Crippen LogP contribution in [0.2, 0.25) is 5.02 Å².